The minimum Gasteiger partial charge on any atom is -0.494 e. The normalized spacial score (nSPS) is 11.7. The van der Waals surface area contributed by atoms with E-state index in [4.69, 9.17) is 4.74 Å². The quantitative estimate of drug-likeness (QED) is 0.284. The van der Waals surface area contributed by atoms with Crippen LogP contribution in [-0.2, 0) is 4.79 Å². The lowest BCUT2D eigenvalue weighted by Crippen LogP contribution is -2.22. The summed E-state index contributed by atoms with van der Waals surface area (Å²) in [5, 5.41) is 5.84. The second-order valence-corrected chi connectivity index (χ2v) is 9.76. The van der Waals surface area contributed by atoms with Gasteiger partial charge in [-0.3, -0.25) is 9.59 Å². The fourth-order valence-electron chi connectivity index (χ4n) is 3.10. The molecule has 2 amide bonds. The van der Waals surface area contributed by atoms with Crippen LogP contribution in [0.3, 0.4) is 0 Å². The van der Waals surface area contributed by atoms with Crippen LogP contribution in [0.15, 0.2) is 71.6 Å². The Morgan fingerprint density at radius 1 is 1.06 bits per heavy atom. The smallest absolute Gasteiger partial charge is 0.255 e. The summed E-state index contributed by atoms with van der Waals surface area (Å²) in [5.74, 6) is -0.0900. The van der Waals surface area contributed by atoms with Crippen LogP contribution >= 0.6 is 23.1 Å². The summed E-state index contributed by atoms with van der Waals surface area (Å²) >= 11 is 2.81. The molecule has 4 rings (SSSR count). The summed E-state index contributed by atoms with van der Waals surface area (Å²) in [7, 11) is 0. The second-order valence-electron chi connectivity index (χ2n) is 7.32. The van der Waals surface area contributed by atoms with E-state index in [1.807, 2.05) is 44.2 Å². The summed E-state index contributed by atoms with van der Waals surface area (Å²) in [6.07, 6.45) is 0. The number of ether oxygens (including phenoxy) is 1. The van der Waals surface area contributed by atoms with Crippen molar-refractivity contribution in [2.75, 3.05) is 17.2 Å². The second kappa shape index (κ2) is 10.7. The van der Waals surface area contributed by atoms with Crippen molar-refractivity contribution in [1.82, 2.24) is 4.98 Å². The number of thioether (sulfide) groups is 1. The van der Waals surface area contributed by atoms with Gasteiger partial charge in [-0.05, 0) is 80.6 Å². The maximum atomic E-state index is 13.0. The van der Waals surface area contributed by atoms with Crippen LogP contribution in [0.2, 0.25) is 0 Å². The van der Waals surface area contributed by atoms with E-state index < -0.39 is 5.82 Å². The Morgan fingerprint density at radius 3 is 2.50 bits per heavy atom. The Hall–Kier alpha value is -3.43. The average molecular weight is 496 g/mol. The summed E-state index contributed by atoms with van der Waals surface area (Å²) in [6.45, 7) is 4.34. The van der Waals surface area contributed by atoms with Gasteiger partial charge in [-0.2, -0.15) is 0 Å². The molecule has 0 aliphatic rings. The molecule has 9 heteroatoms. The van der Waals surface area contributed by atoms with E-state index in [0.29, 0.717) is 23.0 Å². The summed E-state index contributed by atoms with van der Waals surface area (Å²) in [6, 6.07) is 18.2. The molecule has 34 heavy (non-hydrogen) atoms. The molecular formula is C25H22FN3O3S2. The van der Waals surface area contributed by atoms with Crippen LogP contribution in [0, 0.1) is 5.82 Å². The number of amides is 2. The highest BCUT2D eigenvalue weighted by atomic mass is 32.2. The lowest BCUT2D eigenvalue weighted by Gasteiger charge is -2.11. The number of thiazole rings is 1. The fourth-order valence-corrected chi connectivity index (χ4v) is 4.87. The topological polar surface area (TPSA) is 80.3 Å². The minimum absolute atomic E-state index is 0.150. The zero-order valence-corrected chi connectivity index (χ0v) is 20.1. The molecule has 3 aromatic carbocycles. The zero-order chi connectivity index (χ0) is 24.1. The Balaban J connectivity index is 1.33. The van der Waals surface area contributed by atoms with E-state index in [9.17, 15) is 14.0 Å². The number of halogens is 1. The fraction of sp³-hybridized carbons (Fsp3) is 0.160. The maximum Gasteiger partial charge on any atom is 0.255 e. The van der Waals surface area contributed by atoms with E-state index in [1.165, 1.54) is 47.4 Å². The maximum absolute atomic E-state index is 13.0. The Labute approximate surface area is 204 Å². The van der Waals surface area contributed by atoms with Crippen molar-refractivity contribution in [1.29, 1.82) is 0 Å². The number of rotatable bonds is 8. The van der Waals surface area contributed by atoms with Crippen molar-refractivity contribution in [3.05, 3.63) is 78.1 Å². The standard InChI is InChI=1S/C25H22FN3O3S2/c1-3-32-19-10-13-21-22(14-19)34-25(28-21)29-23(30)15(2)33-20-11-8-18(9-12-20)27-24(31)16-4-6-17(26)7-5-16/h4-15H,3H2,1-2H3,(H,27,31)(H,28,29,30). The molecule has 1 aromatic heterocycles. The highest BCUT2D eigenvalue weighted by Crippen LogP contribution is 2.31. The van der Waals surface area contributed by atoms with Crippen LogP contribution in [0.25, 0.3) is 10.2 Å². The molecule has 174 valence electrons. The van der Waals surface area contributed by atoms with E-state index in [2.05, 4.69) is 15.6 Å². The van der Waals surface area contributed by atoms with Gasteiger partial charge in [-0.15, -0.1) is 11.8 Å². The van der Waals surface area contributed by atoms with Crippen LogP contribution in [0.5, 0.6) is 5.75 Å². The van der Waals surface area contributed by atoms with Gasteiger partial charge in [0.2, 0.25) is 5.91 Å². The number of hydrogen-bond donors (Lipinski definition) is 2. The van der Waals surface area contributed by atoms with Crippen molar-refractivity contribution in [2.45, 2.75) is 24.0 Å². The monoisotopic (exact) mass is 495 g/mol. The van der Waals surface area contributed by atoms with Gasteiger partial charge in [-0.25, -0.2) is 9.37 Å². The van der Waals surface area contributed by atoms with Gasteiger partial charge in [0.1, 0.15) is 11.6 Å². The van der Waals surface area contributed by atoms with Crippen molar-refractivity contribution < 1.29 is 18.7 Å². The molecule has 0 aliphatic carbocycles. The number of benzene rings is 3. The first kappa shape index (κ1) is 23.7. The van der Waals surface area contributed by atoms with Crippen LogP contribution in [0.4, 0.5) is 15.2 Å². The summed E-state index contributed by atoms with van der Waals surface area (Å²) in [5.41, 5.74) is 1.79. The predicted octanol–water partition coefficient (Wildman–Crippen LogP) is 6.21. The van der Waals surface area contributed by atoms with Gasteiger partial charge < -0.3 is 15.4 Å². The number of nitrogens with zero attached hydrogens (tertiary/aromatic N) is 1. The van der Waals surface area contributed by atoms with Gasteiger partial charge in [-0.1, -0.05) is 11.3 Å². The van der Waals surface area contributed by atoms with E-state index in [1.54, 1.807) is 12.1 Å². The van der Waals surface area contributed by atoms with Crippen LogP contribution in [-0.4, -0.2) is 28.7 Å². The largest absolute Gasteiger partial charge is 0.494 e. The summed E-state index contributed by atoms with van der Waals surface area (Å²) < 4.78 is 19.5. The number of nitrogens with one attached hydrogen (secondary N) is 2. The van der Waals surface area contributed by atoms with Gasteiger partial charge in [0.25, 0.3) is 5.91 Å². The number of fused-ring (bicyclic) bond motifs is 1. The van der Waals surface area contributed by atoms with E-state index in [-0.39, 0.29) is 17.1 Å². The molecular weight excluding hydrogens is 473 g/mol. The number of anilines is 2. The average Bonchev–Trinajstić information content (AvgIpc) is 3.22. The van der Waals surface area contributed by atoms with Gasteiger partial charge in [0, 0.05) is 16.1 Å². The van der Waals surface area contributed by atoms with Gasteiger partial charge in [0.05, 0.1) is 22.1 Å². The Bertz CT molecular complexity index is 1310. The number of carbonyl (C=O) groups excluding carboxylic acids is 2. The molecule has 1 atom stereocenters. The number of carbonyl (C=O) groups is 2. The van der Waals surface area contributed by atoms with Crippen molar-refractivity contribution in [3.8, 4) is 5.75 Å². The molecule has 2 N–H and O–H groups in total. The first-order valence-electron chi connectivity index (χ1n) is 10.6. The molecule has 0 spiro atoms. The molecule has 0 saturated heterocycles. The Kier molecular flexibility index (Phi) is 7.44. The highest BCUT2D eigenvalue weighted by molar-refractivity contribution is 8.00. The molecule has 0 fully saturated rings. The molecule has 0 saturated carbocycles. The van der Waals surface area contributed by atoms with Gasteiger partial charge >= 0.3 is 0 Å². The third kappa shape index (κ3) is 5.92. The predicted molar refractivity (Wildman–Crippen MR) is 136 cm³/mol. The number of aromatic nitrogens is 1. The lowest BCUT2D eigenvalue weighted by atomic mass is 10.2. The SMILES string of the molecule is CCOc1ccc2nc(NC(=O)C(C)Sc3ccc(NC(=O)c4ccc(F)cc4)cc3)sc2c1. The van der Waals surface area contributed by atoms with Crippen LogP contribution < -0.4 is 15.4 Å². The minimum atomic E-state index is -0.394. The third-order valence-corrected chi connectivity index (χ3v) is 6.85. The molecule has 0 aliphatic heterocycles. The molecule has 0 radical (unpaired) electrons. The third-order valence-electron chi connectivity index (χ3n) is 4.80. The van der Waals surface area contributed by atoms with Crippen molar-refractivity contribution >= 4 is 55.9 Å². The molecule has 1 heterocycles. The van der Waals surface area contributed by atoms with Crippen LogP contribution in [0.1, 0.15) is 24.2 Å². The zero-order valence-electron chi connectivity index (χ0n) is 18.5. The van der Waals surface area contributed by atoms with Crippen molar-refractivity contribution in [2.24, 2.45) is 0 Å². The first-order valence-corrected chi connectivity index (χ1v) is 12.3. The molecule has 6 nitrogen and oxygen atoms in total. The highest BCUT2D eigenvalue weighted by Gasteiger charge is 2.17. The van der Waals surface area contributed by atoms with E-state index in [0.717, 1.165) is 20.9 Å². The molecule has 4 aromatic rings. The molecule has 1 unspecified atom stereocenters. The number of hydrogen-bond acceptors (Lipinski definition) is 6. The Morgan fingerprint density at radius 2 is 1.79 bits per heavy atom. The van der Waals surface area contributed by atoms with Crippen molar-refractivity contribution in [3.63, 3.8) is 0 Å². The summed E-state index contributed by atoms with van der Waals surface area (Å²) in [4.78, 5) is 30.3. The van der Waals surface area contributed by atoms with E-state index >= 15 is 0 Å². The van der Waals surface area contributed by atoms with Gasteiger partial charge in [0.15, 0.2) is 5.13 Å². The molecule has 0 bridgehead atoms. The first-order chi connectivity index (χ1) is 16.4. The lowest BCUT2D eigenvalue weighted by molar-refractivity contribution is -0.115.